The number of rotatable bonds is 3. The van der Waals surface area contributed by atoms with Crippen LogP contribution >= 0.6 is 0 Å². The summed E-state index contributed by atoms with van der Waals surface area (Å²) >= 11 is 0. The summed E-state index contributed by atoms with van der Waals surface area (Å²) in [6.45, 7) is 3.49. The van der Waals surface area contributed by atoms with Crippen LogP contribution in [0.1, 0.15) is 18.4 Å². The van der Waals surface area contributed by atoms with Gasteiger partial charge in [-0.15, -0.1) is 0 Å². The number of anilines is 2. The fourth-order valence-electron chi connectivity index (χ4n) is 3.02. The van der Waals surface area contributed by atoms with E-state index in [9.17, 15) is 9.18 Å². The minimum absolute atomic E-state index is 0.0245. The first-order valence-electron chi connectivity index (χ1n) is 7.95. The van der Waals surface area contributed by atoms with E-state index in [1.807, 2.05) is 6.92 Å². The molecule has 1 atom stereocenters. The Bertz CT molecular complexity index is 731. The third-order valence-electron chi connectivity index (χ3n) is 4.19. The number of halogens is 1. The van der Waals surface area contributed by atoms with Gasteiger partial charge in [-0.1, -0.05) is 0 Å². The topological polar surface area (TPSA) is 75.1 Å². The maximum absolute atomic E-state index is 13.3. The van der Waals surface area contributed by atoms with Gasteiger partial charge in [0.1, 0.15) is 12.1 Å². The highest BCUT2D eigenvalue weighted by Gasteiger charge is 2.23. The van der Waals surface area contributed by atoms with Crippen molar-refractivity contribution >= 4 is 17.7 Å². The van der Waals surface area contributed by atoms with Gasteiger partial charge in [-0.05, 0) is 43.5 Å². The Morgan fingerprint density at radius 1 is 1.42 bits per heavy atom. The number of aromatic nitrogens is 3. The number of aryl methyl sites for hydroxylation is 2. The van der Waals surface area contributed by atoms with Crippen molar-refractivity contribution in [3.05, 3.63) is 35.9 Å². The summed E-state index contributed by atoms with van der Waals surface area (Å²) in [5.41, 5.74) is 1.91. The van der Waals surface area contributed by atoms with E-state index in [0.717, 1.165) is 30.6 Å². The van der Waals surface area contributed by atoms with E-state index in [4.69, 9.17) is 0 Å². The second-order valence-corrected chi connectivity index (χ2v) is 6.02. The highest BCUT2D eigenvalue weighted by atomic mass is 19.1. The van der Waals surface area contributed by atoms with E-state index in [0.29, 0.717) is 12.5 Å². The van der Waals surface area contributed by atoms with E-state index in [2.05, 4.69) is 25.6 Å². The number of nitrogens with zero attached hydrogens (tertiary/aromatic N) is 4. The van der Waals surface area contributed by atoms with Crippen LogP contribution in [-0.2, 0) is 7.05 Å². The van der Waals surface area contributed by atoms with Crippen molar-refractivity contribution in [3.8, 4) is 0 Å². The van der Waals surface area contributed by atoms with Crippen LogP contribution in [-0.4, -0.2) is 39.9 Å². The summed E-state index contributed by atoms with van der Waals surface area (Å²) in [7, 11) is 1.71. The molecule has 2 amide bonds. The molecular weight excluding hydrogens is 311 g/mol. The van der Waals surface area contributed by atoms with Crippen LogP contribution in [0.5, 0.6) is 0 Å². The van der Waals surface area contributed by atoms with Gasteiger partial charge < -0.3 is 10.2 Å². The monoisotopic (exact) mass is 332 g/mol. The Morgan fingerprint density at radius 2 is 2.25 bits per heavy atom. The van der Waals surface area contributed by atoms with Gasteiger partial charge in [0.15, 0.2) is 0 Å². The molecule has 2 N–H and O–H groups in total. The van der Waals surface area contributed by atoms with E-state index in [1.165, 1.54) is 23.1 Å². The molecular formula is C16H21FN6O. The van der Waals surface area contributed by atoms with Crippen LogP contribution in [0.4, 0.5) is 20.8 Å². The first-order valence-corrected chi connectivity index (χ1v) is 7.95. The van der Waals surface area contributed by atoms with Crippen molar-refractivity contribution in [2.45, 2.75) is 25.8 Å². The molecule has 3 rings (SSSR count). The van der Waals surface area contributed by atoms with Crippen molar-refractivity contribution in [3.63, 3.8) is 0 Å². The minimum Gasteiger partial charge on any atom is -0.369 e. The van der Waals surface area contributed by atoms with Crippen LogP contribution in [0.2, 0.25) is 0 Å². The van der Waals surface area contributed by atoms with Gasteiger partial charge in [-0.3, -0.25) is 5.32 Å². The Morgan fingerprint density at radius 3 is 2.96 bits per heavy atom. The summed E-state index contributed by atoms with van der Waals surface area (Å²) in [5.74, 6) is 0.167. The van der Waals surface area contributed by atoms with Crippen molar-refractivity contribution in [2.75, 3.05) is 23.3 Å². The SMILES string of the molecule is Cc1cc(F)ccc1N1CCCC(NC(=O)Nc2ncnn2C)C1. The van der Waals surface area contributed by atoms with Gasteiger partial charge in [0.25, 0.3) is 0 Å². The molecule has 2 heterocycles. The summed E-state index contributed by atoms with van der Waals surface area (Å²) in [4.78, 5) is 18.3. The normalized spacial score (nSPS) is 17.6. The van der Waals surface area contributed by atoms with Crippen molar-refractivity contribution in [1.29, 1.82) is 0 Å². The van der Waals surface area contributed by atoms with Crippen molar-refractivity contribution in [1.82, 2.24) is 20.1 Å². The zero-order valence-corrected chi connectivity index (χ0v) is 13.8. The van der Waals surface area contributed by atoms with E-state index in [1.54, 1.807) is 13.1 Å². The van der Waals surface area contributed by atoms with Crippen LogP contribution in [0.25, 0.3) is 0 Å². The minimum atomic E-state index is -0.297. The molecule has 1 fully saturated rings. The van der Waals surface area contributed by atoms with E-state index in [-0.39, 0.29) is 17.9 Å². The van der Waals surface area contributed by atoms with Gasteiger partial charge in [0.2, 0.25) is 5.95 Å². The maximum atomic E-state index is 13.3. The average molecular weight is 332 g/mol. The molecule has 24 heavy (non-hydrogen) atoms. The molecule has 1 aromatic carbocycles. The highest BCUT2D eigenvalue weighted by molar-refractivity contribution is 5.87. The second kappa shape index (κ2) is 6.86. The molecule has 1 aliphatic rings. The zero-order valence-electron chi connectivity index (χ0n) is 13.8. The molecule has 7 nitrogen and oxygen atoms in total. The average Bonchev–Trinajstić information content (AvgIpc) is 2.92. The zero-order chi connectivity index (χ0) is 17.1. The quantitative estimate of drug-likeness (QED) is 0.902. The molecule has 0 saturated carbocycles. The van der Waals surface area contributed by atoms with Crippen LogP contribution in [0.3, 0.4) is 0 Å². The number of amides is 2. The second-order valence-electron chi connectivity index (χ2n) is 6.02. The molecule has 0 aliphatic carbocycles. The smallest absolute Gasteiger partial charge is 0.321 e. The molecule has 128 valence electrons. The summed E-state index contributed by atoms with van der Waals surface area (Å²) in [6.07, 6.45) is 3.25. The lowest BCUT2D eigenvalue weighted by Gasteiger charge is -2.35. The van der Waals surface area contributed by atoms with Gasteiger partial charge >= 0.3 is 6.03 Å². The fraction of sp³-hybridized carbons (Fsp3) is 0.438. The van der Waals surface area contributed by atoms with E-state index < -0.39 is 0 Å². The Hall–Kier alpha value is -2.64. The van der Waals surface area contributed by atoms with Crippen molar-refractivity contribution in [2.24, 2.45) is 7.05 Å². The van der Waals surface area contributed by atoms with Gasteiger partial charge in [0, 0.05) is 31.9 Å². The first-order chi connectivity index (χ1) is 11.5. The Kier molecular flexibility index (Phi) is 4.64. The van der Waals surface area contributed by atoms with Gasteiger partial charge in [-0.25, -0.2) is 13.9 Å². The largest absolute Gasteiger partial charge is 0.369 e. The van der Waals surface area contributed by atoms with Gasteiger partial charge in [0.05, 0.1) is 0 Å². The molecule has 0 spiro atoms. The summed E-state index contributed by atoms with van der Waals surface area (Å²) in [5, 5.41) is 9.56. The third-order valence-corrected chi connectivity index (χ3v) is 4.19. The lowest BCUT2D eigenvalue weighted by molar-refractivity contribution is 0.246. The summed E-state index contributed by atoms with van der Waals surface area (Å²) < 4.78 is 14.8. The molecule has 0 radical (unpaired) electrons. The number of nitrogens with one attached hydrogen (secondary N) is 2. The molecule has 2 aromatic rings. The molecule has 1 unspecified atom stereocenters. The molecule has 1 aromatic heterocycles. The Balaban J connectivity index is 1.61. The van der Waals surface area contributed by atoms with Gasteiger partial charge in [-0.2, -0.15) is 10.1 Å². The highest BCUT2D eigenvalue weighted by Crippen LogP contribution is 2.24. The predicted octanol–water partition coefficient (Wildman–Crippen LogP) is 2.05. The number of benzene rings is 1. The number of carbonyl (C=O) groups excluding carboxylic acids is 1. The molecule has 0 bridgehead atoms. The lowest BCUT2D eigenvalue weighted by Crippen LogP contribution is -2.49. The first kappa shape index (κ1) is 16.2. The number of hydrogen-bond donors (Lipinski definition) is 2. The molecule has 1 saturated heterocycles. The van der Waals surface area contributed by atoms with Crippen LogP contribution < -0.4 is 15.5 Å². The van der Waals surface area contributed by atoms with Crippen LogP contribution in [0, 0.1) is 12.7 Å². The standard InChI is InChI=1S/C16H21FN6O/c1-11-8-12(17)5-6-14(11)23-7-3-4-13(9-23)20-16(24)21-15-18-10-19-22(15)2/h5-6,8,10,13H,3-4,7,9H2,1-2H3,(H2,18,19,20,21,24). The fourth-order valence-corrected chi connectivity index (χ4v) is 3.02. The Labute approximate surface area is 139 Å². The van der Waals surface area contributed by atoms with Crippen molar-refractivity contribution < 1.29 is 9.18 Å². The predicted molar refractivity (Wildman–Crippen MR) is 89.5 cm³/mol. The summed E-state index contributed by atoms with van der Waals surface area (Å²) in [6, 6.07) is 4.53. The number of piperidine rings is 1. The third kappa shape index (κ3) is 3.64. The molecule has 1 aliphatic heterocycles. The number of urea groups is 1. The lowest BCUT2D eigenvalue weighted by atomic mass is 10.0. The maximum Gasteiger partial charge on any atom is 0.321 e. The number of carbonyl (C=O) groups is 1. The number of hydrogen-bond acceptors (Lipinski definition) is 4. The van der Waals surface area contributed by atoms with Crippen LogP contribution in [0.15, 0.2) is 24.5 Å². The van der Waals surface area contributed by atoms with E-state index >= 15 is 0 Å². The molecule has 8 heteroatoms.